The molecule has 1 atom stereocenters. The largest absolute Gasteiger partial charge is 0.495 e. The van der Waals surface area contributed by atoms with E-state index in [-0.39, 0.29) is 6.04 Å². The Morgan fingerprint density at radius 3 is 2.56 bits per heavy atom. The van der Waals surface area contributed by atoms with Gasteiger partial charge in [0.1, 0.15) is 5.75 Å². The van der Waals surface area contributed by atoms with E-state index in [4.69, 9.17) is 16.3 Å². The third kappa shape index (κ3) is 4.15. The predicted molar refractivity (Wildman–Crippen MR) is 81.6 cm³/mol. The van der Waals surface area contributed by atoms with E-state index in [9.17, 15) is 0 Å². The third-order valence-electron chi connectivity index (χ3n) is 2.77. The summed E-state index contributed by atoms with van der Waals surface area (Å²) >= 11 is 9.65. The van der Waals surface area contributed by atoms with Gasteiger partial charge in [-0.15, -0.1) is 0 Å². The van der Waals surface area contributed by atoms with E-state index >= 15 is 0 Å². The summed E-state index contributed by atoms with van der Waals surface area (Å²) in [5.41, 5.74) is 1.12. The molecular formula is C14H21BrClNO. The zero-order valence-electron chi connectivity index (χ0n) is 11.4. The Hall–Kier alpha value is -0.250. The quantitative estimate of drug-likeness (QED) is 0.806. The average Bonchev–Trinajstić information content (AvgIpc) is 2.27. The fourth-order valence-corrected chi connectivity index (χ4v) is 3.09. The van der Waals surface area contributed by atoms with E-state index < -0.39 is 0 Å². The van der Waals surface area contributed by atoms with E-state index in [0.717, 1.165) is 33.8 Å². The van der Waals surface area contributed by atoms with Crippen molar-refractivity contribution < 1.29 is 4.74 Å². The fourth-order valence-electron chi connectivity index (χ4n) is 2.09. The Balaban J connectivity index is 3.16. The van der Waals surface area contributed by atoms with Crippen LogP contribution < -0.4 is 10.1 Å². The van der Waals surface area contributed by atoms with Crippen molar-refractivity contribution in [1.29, 1.82) is 0 Å². The molecule has 0 aliphatic heterocycles. The van der Waals surface area contributed by atoms with Crippen LogP contribution in [-0.2, 0) is 0 Å². The summed E-state index contributed by atoms with van der Waals surface area (Å²) in [4.78, 5) is 0. The molecule has 0 aliphatic rings. The monoisotopic (exact) mass is 333 g/mol. The highest BCUT2D eigenvalue weighted by Gasteiger charge is 2.19. The van der Waals surface area contributed by atoms with Crippen molar-refractivity contribution in [3.63, 3.8) is 0 Å². The summed E-state index contributed by atoms with van der Waals surface area (Å²) in [5.74, 6) is 1.47. The van der Waals surface area contributed by atoms with Crippen molar-refractivity contribution in [3.8, 4) is 5.75 Å². The molecule has 2 nitrogen and oxygen atoms in total. The normalized spacial score (nSPS) is 12.8. The number of hydrogen-bond acceptors (Lipinski definition) is 2. The first kappa shape index (κ1) is 15.8. The van der Waals surface area contributed by atoms with Gasteiger partial charge in [0.05, 0.1) is 11.6 Å². The average molecular weight is 335 g/mol. The van der Waals surface area contributed by atoms with Crippen LogP contribution in [0.5, 0.6) is 5.75 Å². The summed E-state index contributed by atoms with van der Waals surface area (Å²) in [6, 6.07) is 4.11. The summed E-state index contributed by atoms with van der Waals surface area (Å²) in [6.07, 6.45) is 1.05. The van der Waals surface area contributed by atoms with Crippen molar-refractivity contribution in [2.45, 2.75) is 33.2 Å². The molecule has 0 saturated heterocycles. The number of rotatable bonds is 6. The fraction of sp³-hybridized carbons (Fsp3) is 0.571. The molecule has 1 unspecified atom stereocenters. The first-order valence-corrected chi connectivity index (χ1v) is 7.43. The molecule has 1 N–H and O–H groups in total. The summed E-state index contributed by atoms with van der Waals surface area (Å²) in [7, 11) is 1.69. The second-order valence-corrected chi connectivity index (χ2v) is 6.04. The van der Waals surface area contributed by atoms with Crippen LogP contribution in [0.4, 0.5) is 0 Å². The minimum Gasteiger partial charge on any atom is -0.495 e. The van der Waals surface area contributed by atoms with Crippen LogP contribution in [0.2, 0.25) is 5.02 Å². The molecule has 18 heavy (non-hydrogen) atoms. The number of halogens is 2. The van der Waals surface area contributed by atoms with Crippen molar-refractivity contribution in [2.75, 3.05) is 13.7 Å². The van der Waals surface area contributed by atoms with Crippen LogP contribution in [0, 0.1) is 5.92 Å². The number of benzene rings is 1. The molecule has 0 fully saturated rings. The molecule has 0 amide bonds. The van der Waals surface area contributed by atoms with E-state index in [2.05, 4.69) is 42.0 Å². The maximum atomic E-state index is 6.15. The van der Waals surface area contributed by atoms with E-state index in [0.29, 0.717) is 5.92 Å². The van der Waals surface area contributed by atoms with Crippen molar-refractivity contribution in [3.05, 3.63) is 27.2 Å². The molecular weight excluding hydrogens is 314 g/mol. The van der Waals surface area contributed by atoms with Gasteiger partial charge in [-0.2, -0.15) is 0 Å². The molecule has 4 heteroatoms. The van der Waals surface area contributed by atoms with Gasteiger partial charge >= 0.3 is 0 Å². The van der Waals surface area contributed by atoms with Crippen LogP contribution in [0.1, 0.15) is 38.8 Å². The van der Waals surface area contributed by atoms with E-state index in [1.165, 1.54) is 0 Å². The van der Waals surface area contributed by atoms with Gasteiger partial charge in [-0.05, 0) is 46.9 Å². The number of hydrogen-bond donors (Lipinski definition) is 1. The van der Waals surface area contributed by atoms with Crippen LogP contribution in [-0.4, -0.2) is 13.7 Å². The Kier molecular flexibility index (Phi) is 6.47. The van der Waals surface area contributed by atoms with E-state index in [1.807, 2.05) is 12.1 Å². The van der Waals surface area contributed by atoms with Crippen LogP contribution >= 0.6 is 27.5 Å². The standard InChI is InChI=1S/C14H21BrClNO/c1-5-17-13(6-9(2)3)11-7-10(16)8-12(15)14(11)18-4/h7-9,13,17H,5-6H2,1-4H3. The Labute approximate surface area is 123 Å². The maximum absolute atomic E-state index is 6.15. The van der Waals surface area contributed by atoms with Crippen LogP contribution in [0.25, 0.3) is 0 Å². The highest BCUT2D eigenvalue weighted by Crippen LogP contribution is 2.37. The highest BCUT2D eigenvalue weighted by atomic mass is 79.9. The Morgan fingerprint density at radius 2 is 2.06 bits per heavy atom. The van der Waals surface area contributed by atoms with Gasteiger partial charge in [-0.3, -0.25) is 0 Å². The highest BCUT2D eigenvalue weighted by molar-refractivity contribution is 9.10. The number of methoxy groups -OCH3 is 1. The van der Waals surface area contributed by atoms with Gasteiger partial charge in [0.2, 0.25) is 0 Å². The summed E-state index contributed by atoms with van der Waals surface area (Å²) < 4.78 is 6.40. The van der Waals surface area contributed by atoms with Crippen LogP contribution in [0.15, 0.2) is 16.6 Å². The van der Waals surface area contributed by atoms with Gasteiger partial charge in [0, 0.05) is 16.6 Å². The zero-order chi connectivity index (χ0) is 13.7. The lowest BCUT2D eigenvalue weighted by molar-refractivity contribution is 0.382. The molecule has 102 valence electrons. The minimum absolute atomic E-state index is 0.264. The smallest absolute Gasteiger partial charge is 0.137 e. The second-order valence-electron chi connectivity index (χ2n) is 4.75. The lowest BCUT2D eigenvalue weighted by Crippen LogP contribution is -2.23. The van der Waals surface area contributed by atoms with E-state index in [1.54, 1.807) is 7.11 Å². The first-order valence-electron chi connectivity index (χ1n) is 6.25. The van der Waals surface area contributed by atoms with Gasteiger partial charge < -0.3 is 10.1 Å². The van der Waals surface area contributed by atoms with Crippen molar-refractivity contribution >= 4 is 27.5 Å². The predicted octanol–water partition coefficient (Wildman–Crippen LogP) is 4.81. The molecule has 1 aromatic carbocycles. The van der Waals surface area contributed by atoms with Crippen molar-refractivity contribution in [1.82, 2.24) is 5.32 Å². The Bertz CT molecular complexity index is 396. The maximum Gasteiger partial charge on any atom is 0.137 e. The molecule has 1 aromatic rings. The molecule has 0 heterocycles. The molecule has 0 spiro atoms. The van der Waals surface area contributed by atoms with Gasteiger partial charge in [0.15, 0.2) is 0 Å². The SMILES string of the molecule is CCNC(CC(C)C)c1cc(Cl)cc(Br)c1OC. The van der Waals surface area contributed by atoms with Gasteiger partial charge in [-0.1, -0.05) is 32.4 Å². The summed E-state index contributed by atoms with van der Waals surface area (Å²) in [5, 5.41) is 4.23. The first-order chi connectivity index (χ1) is 8.49. The molecule has 0 bridgehead atoms. The number of ether oxygens (including phenoxy) is 1. The lowest BCUT2D eigenvalue weighted by Gasteiger charge is -2.23. The topological polar surface area (TPSA) is 21.3 Å². The molecule has 0 aliphatic carbocycles. The van der Waals surface area contributed by atoms with Crippen molar-refractivity contribution in [2.24, 2.45) is 5.92 Å². The van der Waals surface area contributed by atoms with Gasteiger partial charge in [0.25, 0.3) is 0 Å². The molecule has 1 rings (SSSR count). The lowest BCUT2D eigenvalue weighted by atomic mass is 9.96. The summed E-state index contributed by atoms with van der Waals surface area (Å²) in [6.45, 7) is 7.47. The Morgan fingerprint density at radius 1 is 1.39 bits per heavy atom. The molecule has 0 radical (unpaired) electrons. The van der Waals surface area contributed by atoms with Gasteiger partial charge in [-0.25, -0.2) is 0 Å². The molecule has 0 aromatic heterocycles. The minimum atomic E-state index is 0.264. The zero-order valence-corrected chi connectivity index (χ0v) is 13.7. The van der Waals surface area contributed by atoms with Crippen LogP contribution in [0.3, 0.4) is 0 Å². The second kappa shape index (κ2) is 7.37. The number of nitrogens with one attached hydrogen (secondary N) is 1. The third-order valence-corrected chi connectivity index (χ3v) is 3.58. The molecule has 0 saturated carbocycles.